The third kappa shape index (κ3) is 2.92. The van der Waals surface area contributed by atoms with Gasteiger partial charge in [-0.2, -0.15) is 13.2 Å². The van der Waals surface area contributed by atoms with Crippen LogP contribution in [0.3, 0.4) is 0 Å². The second-order valence-electron chi connectivity index (χ2n) is 3.48. The molecule has 1 aliphatic carbocycles. The number of nitrogens with zero attached hydrogens (tertiary/aromatic N) is 2. The summed E-state index contributed by atoms with van der Waals surface area (Å²) < 4.78 is 40.6. The van der Waals surface area contributed by atoms with Gasteiger partial charge >= 0.3 is 12.1 Å². The minimum atomic E-state index is -4.55. The van der Waals surface area contributed by atoms with Crippen LogP contribution in [0.4, 0.5) is 13.2 Å². The van der Waals surface area contributed by atoms with Crippen LogP contribution in [0.2, 0.25) is 0 Å². The Hall–Kier alpha value is -1.11. The Bertz CT molecular complexity index is 332. The van der Waals surface area contributed by atoms with Crippen molar-refractivity contribution < 1.29 is 17.6 Å². The first kappa shape index (κ1) is 10.4. The topological polar surface area (TPSA) is 51.0 Å². The van der Waals surface area contributed by atoms with Gasteiger partial charge in [0.1, 0.15) is 0 Å². The molecule has 7 heteroatoms. The Labute approximate surface area is 83.9 Å². The zero-order chi connectivity index (χ0) is 10.9. The fourth-order valence-electron chi connectivity index (χ4n) is 1.14. The van der Waals surface area contributed by atoms with E-state index in [4.69, 9.17) is 0 Å². The highest BCUT2D eigenvalue weighted by Gasteiger charge is 2.38. The molecule has 0 spiro atoms. The van der Waals surface area contributed by atoms with Gasteiger partial charge in [-0.15, -0.1) is 10.2 Å². The maximum absolute atomic E-state index is 12.0. The molecule has 4 nitrogen and oxygen atoms in total. The lowest BCUT2D eigenvalue weighted by Crippen LogP contribution is -2.19. The molecule has 0 saturated heterocycles. The first-order valence-electron chi connectivity index (χ1n) is 4.68. The van der Waals surface area contributed by atoms with Gasteiger partial charge in [-0.3, -0.25) is 0 Å². The lowest BCUT2D eigenvalue weighted by Gasteiger charge is -1.99. The van der Waals surface area contributed by atoms with Crippen molar-refractivity contribution in [1.29, 1.82) is 0 Å². The second-order valence-corrected chi connectivity index (χ2v) is 3.48. The number of aromatic nitrogens is 2. The predicted octanol–water partition coefficient (Wildman–Crippen LogP) is 1.38. The van der Waals surface area contributed by atoms with E-state index in [1.165, 1.54) is 0 Å². The maximum Gasteiger partial charge on any atom is 0.470 e. The number of alkyl halides is 3. The fraction of sp³-hybridized carbons (Fsp3) is 0.750. The number of nitrogens with one attached hydrogen (secondary N) is 1. The molecule has 1 saturated carbocycles. The van der Waals surface area contributed by atoms with Crippen molar-refractivity contribution in [3.8, 4) is 0 Å². The predicted molar refractivity (Wildman–Crippen MR) is 44.0 cm³/mol. The minimum absolute atomic E-state index is 0.0236. The summed E-state index contributed by atoms with van der Waals surface area (Å²) in [4.78, 5) is 0. The van der Waals surface area contributed by atoms with Gasteiger partial charge < -0.3 is 9.73 Å². The molecule has 0 unspecified atom stereocenters. The Morgan fingerprint density at radius 1 is 1.33 bits per heavy atom. The van der Waals surface area contributed by atoms with Crippen LogP contribution in [-0.2, 0) is 12.6 Å². The molecule has 1 N–H and O–H groups in total. The Morgan fingerprint density at radius 3 is 2.60 bits per heavy atom. The first-order chi connectivity index (χ1) is 7.05. The summed E-state index contributed by atoms with van der Waals surface area (Å²) in [7, 11) is 0. The molecule has 0 bridgehead atoms. The summed E-state index contributed by atoms with van der Waals surface area (Å²) in [6.45, 7) is 0.574. The van der Waals surface area contributed by atoms with Gasteiger partial charge in [0.15, 0.2) is 0 Å². The van der Waals surface area contributed by atoms with Gasteiger partial charge in [0, 0.05) is 19.0 Å². The molecule has 1 heterocycles. The summed E-state index contributed by atoms with van der Waals surface area (Å²) in [5, 5.41) is 9.40. The van der Waals surface area contributed by atoms with Crippen molar-refractivity contribution in [3.63, 3.8) is 0 Å². The highest BCUT2D eigenvalue weighted by Crippen LogP contribution is 2.27. The highest BCUT2D eigenvalue weighted by molar-refractivity contribution is 4.88. The van der Waals surface area contributed by atoms with E-state index in [2.05, 4.69) is 19.9 Å². The SMILES string of the molecule is FC(F)(F)c1nnc(CCNC2CC2)o1. The standard InChI is InChI=1S/C8H10F3N3O/c9-8(10,11)7-14-13-6(15-7)3-4-12-5-1-2-5/h5,12H,1-4H2. The van der Waals surface area contributed by atoms with Crippen LogP contribution in [0.25, 0.3) is 0 Å². The molecule has 1 aromatic heterocycles. The van der Waals surface area contributed by atoms with Crippen molar-refractivity contribution in [2.45, 2.75) is 31.5 Å². The van der Waals surface area contributed by atoms with Crippen LogP contribution >= 0.6 is 0 Å². The summed E-state index contributed by atoms with van der Waals surface area (Å²) in [5.74, 6) is -1.25. The third-order valence-corrected chi connectivity index (χ3v) is 2.06. The monoisotopic (exact) mass is 221 g/mol. The van der Waals surface area contributed by atoms with Gasteiger partial charge in [0.2, 0.25) is 5.89 Å². The minimum Gasteiger partial charge on any atom is -0.417 e. The summed E-state index contributed by atoms with van der Waals surface area (Å²) >= 11 is 0. The normalized spacial score (nSPS) is 17.0. The molecule has 1 aromatic rings. The first-order valence-corrected chi connectivity index (χ1v) is 4.68. The van der Waals surface area contributed by atoms with Gasteiger partial charge in [-0.1, -0.05) is 0 Å². The molecule has 0 atom stereocenters. The number of rotatable bonds is 4. The summed E-state index contributed by atoms with van der Waals surface area (Å²) in [6, 6.07) is 0.523. The Morgan fingerprint density at radius 2 is 2.07 bits per heavy atom. The molecular formula is C8H10F3N3O. The third-order valence-electron chi connectivity index (χ3n) is 2.06. The van der Waals surface area contributed by atoms with E-state index in [1.807, 2.05) is 0 Å². The van der Waals surface area contributed by atoms with Gasteiger partial charge in [-0.05, 0) is 12.8 Å². The van der Waals surface area contributed by atoms with E-state index >= 15 is 0 Å². The lowest BCUT2D eigenvalue weighted by atomic mass is 10.4. The molecule has 0 radical (unpaired) electrons. The number of hydrogen-bond acceptors (Lipinski definition) is 4. The van der Waals surface area contributed by atoms with Crippen LogP contribution in [0.5, 0.6) is 0 Å². The molecule has 0 aliphatic heterocycles. The average Bonchev–Trinajstić information content (AvgIpc) is 2.80. The van der Waals surface area contributed by atoms with Crippen molar-refractivity contribution in [2.75, 3.05) is 6.54 Å². The quantitative estimate of drug-likeness (QED) is 0.834. The molecule has 84 valence electrons. The molecule has 1 fully saturated rings. The fourth-order valence-corrected chi connectivity index (χ4v) is 1.14. The second kappa shape index (κ2) is 3.80. The van der Waals surface area contributed by atoms with Crippen LogP contribution in [-0.4, -0.2) is 22.8 Å². The molecule has 1 aliphatic rings. The van der Waals surface area contributed by atoms with E-state index in [9.17, 15) is 13.2 Å². The van der Waals surface area contributed by atoms with Crippen LogP contribution in [0.1, 0.15) is 24.6 Å². The largest absolute Gasteiger partial charge is 0.470 e. The zero-order valence-electron chi connectivity index (χ0n) is 7.84. The average molecular weight is 221 g/mol. The maximum atomic E-state index is 12.0. The van der Waals surface area contributed by atoms with Crippen LogP contribution < -0.4 is 5.32 Å². The molecular weight excluding hydrogens is 211 g/mol. The molecule has 0 amide bonds. The van der Waals surface area contributed by atoms with Gasteiger partial charge in [0.05, 0.1) is 0 Å². The Kier molecular flexibility index (Phi) is 2.64. The van der Waals surface area contributed by atoms with Gasteiger partial charge in [0.25, 0.3) is 0 Å². The van der Waals surface area contributed by atoms with Crippen molar-refractivity contribution in [1.82, 2.24) is 15.5 Å². The van der Waals surface area contributed by atoms with Gasteiger partial charge in [-0.25, -0.2) is 0 Å². The smallest absolute Gasteiger partial charge is 0.417 e. The highest BCUT2D eigenvalue weighted by atomic mass is 19.4. The van der Waals surface area contributed by atoms with E-state index in [0.717, 1.165) is 12.8 Å². The summed E-state index contributed by atoms with van der Waals surface area (Å²) in [6.07, 6.45) is -1.94. The molecule has 2 rings (SSSR count). The van der Waals surface area contributed by atoms with E-state index in [0.29, 0.717) is 19.0 Å². The lowest BCUT2D eigenvalue weighted by molar-refractivity contribution is -0.157. The zero-order valence-corrected chi connectivity index (χ0v) is 7.84. The number of hydrogen-bond donors (Lipinski definition) is 1. The number of halogens is 3. The van der Waals surface area contributed by atoms with Crippen molar-refractivity contribution >= 4 is 0 Å². The van der Waals surface area contributed by atoms with E-state index < -0.39 is 12.1 Å². The van der Waals surface area contributed by atoms with Crippen LogP contribution in [0, 0.1) is 0 Å². The van der Waals surface area contributed by atoms with Crippen molar-refractivity contribution in [2.24, 2.45) is 0 Å². The van der Waals surface area contributed by atoms with Crippen LogP contribution in [0.15, 0.2) is 4.42 Å². The Balaban J connectivity index is 1.83. The van der Waals surface area contributed by atoms with E-state index in [-0.39, 0.29) is 5.89 Å². The van der Waals surface area contributed by atoms with E-state index in [1.54, 1.807) is 0 Å². The molecule has 0 aromatic carbocycles. The summed E-state index contributed by atoms with van der Waals surface area (Å²) in [5.41, 5.74) is 0. The molecule has 15 heavy (non-hydrogen) atoms. The van der Waals surface area contributed by atoms with Crippen molar-refractivity contribution in [3.05, 3.63) is 11.8 Å².